The highest BCUT2D eigenvalue weighted by Crippen LogP contribution is 2.19. The Morgan fingerprint density at radius 2 is 0.547 bits per heavy atom. The minimum absolute atomic E-state index is 0.0174. The van der Waals surface area contributed by atoms with Crippen molar-refractivity contribution in [3.8, 4) is 0 Å². The number of esters is 1. The highest BCUT2D eigenvalue weighted by Gasteiger charge is 2.20. The van der Waals surface area contributed by atoms with Crippen molar-refractivity contribution < 1.29 is 24.5 Å². The summed E-state index contributed by atoms with van der Waals surface area (Å²) in [5.74, 6) is -0.0103. The van der Waals surface area contributed by atoms with Crippen molar-refractivity contribution in [1.29, 1.82) is 0 Å². The number of carbonyl (C=O) groups is 2. The van der Waals surface area contributed by atoms with Gasteiger partial charge in [0, 0.05) is 12.8 Å². The highest BCUT2D eigenvalue weighted by molar-refractivity contribution is 5.76. The van der Waals surface area contributed by atoms with Gasteiger partial charge >= 0.3 is 5.97 Å². The number of aliphatic hydroxyl groups is 2. The molecule has 2 unspecified atom stereocenters. The lowest BCUT2D eigenvalue weighted by molar-refractivity contribution is -0.143. The Balaban J connectivity index is 3.36. The molecule has 0 bridgehead atoms. The average molecular weight is 1060 g/mol. The van der Waals surface area contributed by atoms with Crippen LogP contribution in [-0.4, -0.2) is 47.4 Å². The van der Waals surface area contributed by atoms with E-state index in [1.165, 1.54) is 334 Å². The van der Waals surface area contributed by atoms with Gasteiger partial charge in [0.2, 0.25) is 5.91 Å². The van der Waals surface area contributed by atoms with Crippen LogP contribution >= 0.6 is 0 Å². The molecule has 0 saturated heterocycles. The van der Waals surface area contributed by atoms with Crippen LogP contribution in [0.5, 0.6) is 0 Å². The normalized spacial score (nSPS) is 12.4. The molecule has 0 saturated carbocycles. The fourth-order valence-corrected chi connectivity index (χ4v) is 11.4. The highest BCUT2D eigenvalue weighted by atomic mass is 16.5. The van der Waals surface area contributed by atoms with Gasteiger partial charge in [-0.05, 0) is 25.7 Å². The van der Waals surface area contributed by atoms with Gasteiger partial charge in [0.25, 0.3) is 0 Å². The lowest BCUT2D eigenvalue weighted by atomic mass is 10.0. The second-order valence-corrected chi connectivity index (χ2v) is 24.2. The topological polar surface area (TPSA) is 95.9 Å². The zero-order valence-corrected chi connectivity index (χ0v) is 51.3. The minimum atomic E-state index is -0.663. The van der Waals surface area contributed by atoms with E-state index in [2.05, 4.69) is 19.2 Å². The largest absolute Gasteiger partial charge is 0.466 e. The van der Waals surface area contributed by atoms with E-state index in [0.717, 1.165) is 38.5 Å². The molecule has 0 aliphatic heterocycles. The third kappa shape index (κ3) is 61.9. The molecule has 0 spiro atoms. The number of hydrogen-bond donors (Lipinski definition) is 3. The molecule has 0 heterocycles. The molecular weight excluding hydrogens is 923 g/mol. The molecule has 0 fully saturated rings. The number of nitrogens with one attached hydrogen (secondary N) is 1. The van der Waals surface area contributed by atoms with Crippen molar-refractivity contribution in [2.75, 3.05) is 13.2 Å². The van der Waals surface area contributed by atoms with Gasteiger partial charge < -0.3 is 20.3 Å². The molecule has 6 nitrogen and oxygen atoms in total. The van der Waals surface area contributed by atoms with E-state index in [4.69, 9.17) is 4.74 Å². The van der Waals surface area contributed by atoms with Crippen LogP contribution in [0.25, 0.3) is 0 Å². The number of hydrogen-bond acceptors (Lipinski definition) is 5. The van der Waals surface area contributed by atoms with Crippen molar-refractivity contribution in [3.63, 3.8) is 0 Å². The predicted molar refractivity (Wildman–Crippen MR) is 329 cm³/mol. The molecule has 0 radical (unpaired) electrons. The Kier molecular flexibility index (Phi) is 64.4. The van der Waals surface area contributed by atoms with Gasteiger partial charge in [0.1, 0.15) is 0 Å². The summed E-state index contributed by atoms with van der Waals surface area (Å²) in [6, 6.07) is -0.540. The number of ether oxygens (including phenoxy) is 1. The first-order valence-electron chi connectivity index (χ1n) is 34.8. The summed E-state index contributed by atoms with van der Waals surface area (Å²) < 4.78 is 5.47. The third-order valence-electron chi connectivity index (χ3n) is 16.7. The average Bonchev–Trinajstić information content (AvgIpc) is 3.41. The lowest BCUT2D eigenvalue weighted by Crippen LogP contribution is -2.45. The summed E-state index contributed by atoms with van der Waals surface area (Å²) >= 11 is 0. The van der Waals surface area contributed by atoms with Crippen molar-refractivity contribution in [1.82, 2.24) is 5.32 Å². The zero-order valence-electron chi connectivity index (χ0n) is 51.3. The van der Waals surface area contributed by atoms with E-state index in [0.29, 0.717) is 25.9 Å². The number of carbonyl (C=O) groups excluding carboxylic acids is 2. The smallest absolute Gasteiger partial charge is 0.305 e. The van der Waals surface area contributed by atoms with Crippen LogP contribution in [-0.2, 0) is 14.3 Å². The van der Waals surface area contributed by atoms with Crippen LogP contribution in [0.1, 0.15) is 406 Å². The molecule has 75 heavy (non-hydrogen) atoms. The number of amides is 1. The molecule has 0 rings (SSSR count). The Bertz CT molecular complexity index is 1080. The van der Waals surface area contributed by atoms with Crippen LogP contribution in [0.2, 0.25) is 0 Å². The van der Waals surface area contributed by atoms with Crippen molar-refractivity contribution in [3.05, 3.63) is 0 Å². The summed E-state index contributed by atoms with van der Waals surface area (Å²) in [5, 5.41) is 23.4. The maximum absolute atomic E-state index is 12.5. The van der Waals surface area contributed by atoms with Crippen LogP contribution in [0.4, 0.5) is 0 Å². The first-order chi connectivity index (χ1) is 37.0. The third-order valence-corrected chi connectivity index (χ3v) is 16.7. The Labute approximate surface area is 470 Å². The Hall–Kier alpha value is -1.14. The van der Waals surface area contributed by atoms with Crippen LogP contribution in [0.3, 0.4) is 0 Å². The first kappa shape index (κ1) is 73.9. The molecule has 6 heteroatoms. The summed E-state index contributed by atoms with van der Waals surface area (Å²) in [4.78, 5) is 24.6. The summed E-state index contributed by atoms with van der Waals surface area (Å²) in [6.45, 7) is 5.00. The van der Waals surface area contributed by atoms with E-state index < -0.39 is 12.1 Å². The van der Waals surface area contributed by atoms with E-state index >= 15 is 0 Å². The van der Waals surface area contributed by atoms with Gasteiger partial charge in [0.05, 0.1) is 25.4 Å². The van der Waals surface area contributed by atoms with Gasteiger partial charge in [-0.2, -0.15) is 0 Å². The quantitative estimate of drug-likeness (QED) is 0.0417. The number of aliphatic hydroxyl groups excluding tert-OH is 2. The monoisotopic (exact) mass is 1060 g/mol. The molecule has 0 aromatic carbocycles. The molecular formula is C69H137NO5. The summed E-state index contributed by atoms with van der Waals surface area (Å²) in [5.41, 5.74) is 0. The van der Waals surface area contributed by atoms with Crippen LogP contribution in [0.15, 0.2) is 0 Å². The molecule has 0 aromatic heterocycles. The van der Waals surface area contributed by atoms with E-state index in [-0.39, 0.29) is 18.5 Å². The van der Waals surface area contributed by atoms with Crippen LogP contribution < -0.4 is 5.32 Å². The summed E-state index contributed by atoms with van der Waals surface area (Å²) in [7, 11) is 0. The Morgan fingerprint density at radius 1 is 0.320 bits per heavy atom. The number of unbranched alkanes of at least 4 members (excludes halogenated alkanes) is 55. The Morgan fingerprint density at radius 3 is 0.813 bits per heavy atom. The first-order valence-corrected chi connectivity index (χ1v) is 34.8. The predicted octanol–water partition coefficient (Wildman–Crippen LogP) is 22.2. The fraction of sp³-hybridized carbons (Fsp3) is 0.971. The van der Waals surface area contributed by atoms with Crippen LogP contribution in [0, 0.1) is 0 Å². The minimum Gasteiger partial charge on any atom is -0.466 e. The van der Waals surface area contributed by atoms with E-state index in [1.54, 1.807) is 0 Å². The second-order valence-electron chi connectivity index (χ2n) is 24.2. The van der Waals surface area contributed by atoms with Crippen molar-refractivity contribution >= 4 is 11.9 Å². The maximum atomic E-state index is 12.5. The molecule has 0 aliphatic rings. The second kappa shape index (κ2) is 65.4. The molecule has 3 N–H and O–H groups in total. The molecule has 2 atom stereocenters. The van der Waals surface area contributed by atoms with Gasteiger partial charge in [-0.1, -0.05) is 367 Å². The molecule has 0 aliphatic carbocycles. The van der Waals surface area contributed by atoms with Crippen molar-refractivity contribution in [2.45, 2.75) is 418 Å². The van der Waals surface area contributed by atoms with E-state index in [1.807, 2.05) is 0 Å². The van der Waals surface area contributed by atoms with Gasteiger partial charge in [0.15, 0.2) is 0 Å². The fourth-order valence-electron chi connectivity index (χ4n) is 11.4. The van der Waals surface area contributed by atoms with Gasteiger partial charge in [-0.15, -0.1) is 0 Å². The van der Waals surface area contributed by atoms with Gasteiger partial charge in [-0.25, -0.2) is 0 Å². The molecule has 448 valence electrons. The molecule has 1 amide bonds. The maximum Gasteiger partial charge on any atom is 0.305 e. The SMILES string of the molecule is CCCCCCCCCCCCCCCCCCCCCCCCC(O)C(CO)NC(=O)CCCCCCCCCCCCCCCCCCCCCCCCCCCOC(=O)CCCCCCCCCCCCC. The lowest BCUT2D eigenvalue weighted by Gasteiger charge is -2.22. The van der Waals surface area contributed by atoms with E-state index in [9.17, 15) is 19.8 Å². The van der Waals surface area contributed by atoms with Crippen molar-refractivity contribution in [2.24, 2.45) is 0 Å². The van der Waals surface area contributed by atoms with Gasteiger partial charge in [-0.3, -0.25) is 9.59 Å². The number of rotatable bonds is 66. The standard InChI is InChI=1S/C69H137NO5/c1-3-5-7-9-11-13-15-16-17-18-19-20-26-29-32-35-38-42-45-49-53-57-61-67(72)66(65-71)70-68(73)62-58-54-50-46-43-39-36-33-30-27-24-22-21-23-25-28-31-34-37-40-44-48-52-56-60-64-75-69(74)63-59-55-51-47-41-14-12-10-8-6-4-2/h66-67,71-72H,3-65H2,1-2H3,(H,70,73). The zero-order chi connectivity index (χ0) is 54.3. The molecule has 0 aromatic rings. The summed E-state index contributed by atoms with van der Waals surface area (Å²) in [6.07, 6.45) is 78.6.